The lowest BCUT2D eigenvalue weighted by Crippen LogP contribution is -2.55. The zero-order valence-electron chi connectivity index (χ0n) is 19.7. The van der Waals surface area contributed by atoms with Gasteiger partial charge in [0.25, 0.3) is 10.0 Å². The van der Waals surface area contributed by atoms with Gasteiger partial charge in [0.15, 0.2) is 0 Å². The van der Waals surface area contributed by atoms with Crippen LogP contribution in [0.25, 0.3) is 0 Å². The normalized spacial score (nSPS) is 13.5. The first-order valence-corrected chi connectivity index (χ1v) is 14.5. The van der Waals surface area contributed by atoms with Crippen molar-refractivity contribution in [3.63, 3.8) is 0 Å². The third kappa shape index (κ3) is 4.97. The highest BCUT2D eigenvalue weighted by Gasteiger charge is 2.53. The molecule has 6 heteroatoms. The van der Waals surface area contributed by atoms with E-state index in [0.29, 0.717) is 23.0 Å². The Morgan fingerprint density at radius 3 is 1.80 bits per heavy atom. The summed E-state index contributed by atoms with van der Waals surface area (Å²) in [5.41, 5.74) is 1.55. The number of carbonyl (C=O) groups is 1. The van der Waals surface area contributed by atoms with Crippen molar-refractivity contribution >= 4 is 24.0 Å². The number of hydrogen-bond acceptors (Lipinski definition) is 3. The Labute approximate surface area is 185 Å². The molecule has 1 unspecified atom stereocenters. The van der Waals surface area contributed by atoms with Crippen molar-refractivity contribution in [3.8, 4) is 0 Å². The van der Waals surface area contributed by atoms with Gasteiger partial charge in [0.1, 0.15) is 0 Å². The van der Waals surface area contributed by atoms with Crippen LogP contribution in [-0.2, 0) is 14.8 Å². The van der Waals surface area contributed by atoms with Gasteiger partial charge >= 0.3 is 0 Å². The lowest BCUT2D eigenvalue weighted by molar-refractivity contribution is -0.126. The van der Waals surface area contributed by atoms with Gasteiger partial charge in [-0.3, -0.25) is 4.79 Å². The average molecular weight is 450 g/mol. The monoisotopic (exact) mass is 449 g/mol. The van der Waals surface area contributed by atoms with E-state index in [-0.39, 0.29) is 22.9 Å². The lowest BCUT2D eigenvalue weighted by atomic mass is 10.2. The molecule has 0 fully saturated rings. The molecule has 168 valence electrons. The van der Waals surface area contributed by atoms with Crippen molar-refractivity contribution in [2.24, 2.45) is 0 Å². The number of carbonyl (C=O) groups excluding carboxylic acids is 1. The molecule has 0 aliphatic carbocycles. The third-order valence-electron chi connectivity index (χ3n) is 6.45. The highest BCUT2D eigenvalue weighted by molar-refractivity contribution is 7.89. The molecule has 1 atom stereocenters. The number of hydrogen-bond donors (Lipinski definition) is 0. The summed E-state index contributed by atoms with van der Waals surface area (Å²) >= 11 is 0. The van der Waals surface area contributed by atoms with Gasteiger partial charge in [-0.15, -0.1) is 13.2 Å². The molecule has 0 spiro atoms. The van der Waals surface area contributed by atoms with Crippen molar-refractivity contribution in [2.75, 3.05) is 6.54 Å². The first-order valence-electron chi connectivity index (χ1n) is 10.7. The first-order chi connectivity index (χ1) is 13.9. The van der Waals surface area contributed by atoms with Crippen LogP contribution in [-0.4, -0.2) is 33.2 Å². The Morgan fingerprint density at radius 2 is 1.43 bits per heavy atom. The maximum atomic E-state index is 14.0. The fourth-order valence-corrected chi connectivity index (χ4v) is 14.4. The summed E-state index contributed by atoms with van der Waals surface area (Å²) in [6.07, 6.45) is 3.73. The van der Waals surface area contributed by atoms with E-state index in [4.69, 9.17) is 0 Å². The molecule has 0 saturated heterocycles. The molecule has 1 rings (SSSR count). The number of rotatable bonds is 11. The van der Waals surface area contributed by atoms with Gasteiger partial charge in [-0.1, -0.05) is 71.4 Å². The number of allylic oxidation sites excluding steroid dienone is 1. The molecule has 1 amide bonds. The van der Waals surface area contributed by atoms with Gasteiger partial charge in [-0.2, -0.15) is 0 Å². The second-order valence-corrected chi connectivity index (χ2v) is 17.0. The van der Waals surface area contributed by atoms with Crippen LogP contribution < -0.4 is 0 Å². The predicted octanol–water partition coefficient (Wildman–Crippen LogP) is 6.32. The highest BCUT2D eigenvalue weighted by atomic mass is 32.2. The molecule has 0 radical (unpaired) electrons. The fraction of sp³-hybridized carbons (Fsp3) is 0.542. The number of sulfonamides is 1. The van der Waals surface area contributed by atoms with E-state index in [1.165, 1.54) is 6.08 Å². The Bertz CT molecular complexity index is 820. The number of benzene rings is 1. The van der Waals surface area contributed by atoms with E-state index < -0.39 is 18.1 Å². The summed E-state index contributed by atoms with van der Waals surface area (Å²) in [5.74, 6) is -0.321. The van der Waals surface area contributed by atoms with Crippen LogP contribution in [0, 0.1) is 6.92 Å². The summed E-state index contributed by atoms with van der Waals surface area (Å²) in [6, 6.07) is 6.63. The van der Waals surface area contributed by atoms with Crippen LogP contribution in [0.3, 0.4) is 0 Å². The molecule has 1 aromatic carbocycles. The number of aryl methyl sites for hydroxylation is 1. The summed E-state index contributed by atoms with van der Waals surface area (Å²) in [4.78, 5) is 14.1. The van der Waals surface area contributed by atoms with Crippen molar-refractivity contribution in [2.45, 2.75) is 81.9 Å². The molecule has 0 aromatic heterocycles. The smallest absolute Gasteiger partial charge is 0.266 e. The number of amides is 1. The quantitative estimate of drug-likeness (QED) is 0.293. The Balaban J connectivity index is 3.66. The van der Waals surface area contributed by atoms with E-state index in [2.05, 4.69) is 54.7 Å². The van der Waals surface area contributed by atoms with Crippen LogP contribution in [0.15, 0.2) is 54.5 Å². The second-order valence-electron chi connectivity index (χ2n) is 9.02. The van der Waals surface area contributed by atoms with Gasteiger partial charge in [-0.05, 0) is 42.1 Å². The summed E-state index contributed by atoms with van der Waals surface area (Å²) < 4.78 is 28.0. The molecule has 0 heterocycles. The van der Waals surface area contributed by atoms with Crippen molar-refractivity contribution in [1.82, 2.24) is 4.31 Å². The average Bonchev–Trinajstić information content (AvgIpc) is 2.64. The van der Waals surface area contributed by atoms with E-state index in [9.17, 15) is 13.2 Å². The molecule has 0 saturated carbocycles. The Morgan fingerprint density at radius 1 is 0.967 bits per heavy atom. The zero-order valence-corrected chi connectivity index (χ0v) is 21.5. The first kappa shape index (κ1) is 26.4. The van der Waals surface area contributed by atoms with Crippen LogP contribution in [0.5, 0.6) is 0 Å². The van der Waals surface area contributed by atoms with Crippen molar-refractivity contribution < 1.29 is 13.2 Å². The Kier molecular flexibility index (Phi) is 9.30. The maximum Gasteiger partial charge on any atom is 0.266 e. The molecule has 4 nitrogen and oxygen atoms in total. The van der Waals surface area contributed by atoms with Crippen LogP contribution in [0.1, 0.15) is 53.5 Å². The standard InChI is InChI=1S/C24H39NO3SSi/c1-10-12-23(30(18(3)4,19(5)6)20(7)8)24(26)25(17-11-2)29(27,28)22-15-13-21(9)14-16-22/h10-11,13-16,18-20,23H,1-2,12,17H2,3-9H3. The van der Waals surface area contributed by atoms with Crippen LogP contribution in [0.2, 0.25) is 22.2 Å². The minimum Gasteiger partial charge on any atom is -0.274 e. The highest BCUT2D eigenvalue weighted by Crippen LogP contribution is 2.51. The second kappa shape index (κ2) is 10.6. The topological polar surface area (TPSA) is 54.5 Å². The van der Waals surface area contributed by atoms with Crippen molar-refractivity contribution in [1.29, 1.82) is 0 Å². The van der Waals surface area contributed by atoms with E-state index in [0.717, 1.165) is 9.87 Å². The van der Waals surface area contributed by atoms with E-state index in [1.54, 1.807) is 30.3 Å². The Hall–Kier alpha value is -1.66. The summed E-state index contributed by atoms with van der Waals surface area (Å²) in [5, 5.41) is 0. The largest absolute Gasteiger partial charge is 0.274 e. The predicted molar refractivity (Wildman–Crippen MR) is 130 cm³/mol. The third-order valence-corrected chi connectivity index (χ3v) is 15.9. The number of nitrogens with zero attached hydrogens (tertiary/aromatic N) is 1. The van der Waals surface area contributed by atoms with E-state index in [1.807, 2.05) is 6.92 Å². The molecule has 0 N–H and O–H groups in total. The molecule has 0 aliphatic heterocycles. The van der Waals surface area contributed by atoms with Gasteiger partial charge in [0, 0.05) is 5.54 Å². The van der Waals surface area contributed by atoms with Crippen LogP contribution in [0.4, 0.5) is 0 Å². The summed E-state index contributed by atoms with van der Waals surface area (Å²) in [7, 11) is -6.26. The van der Waals surface area contributed by atoms with Gasteiger partial charge in [0.2, 0.25) is 5.91 Å². The molecular weight excluding hydrogens is 410 g/mol. The fourth-order valence-electron chi connectivity index (χ4n) is 5.33. The molecular formula is C24H39NO3SSi. The lowest BCUT2D eigenvalue weighted by Gasteiger charge is -2.49. The van der Waals surface area contributed by atoms with E-state index >= 15 is 0 Å². The van der Waals surface area contributed by atoms with Crippen LogP contribution >= 0.6 is 0 Å². The minimum absolute atomic E-state index is 0.0402. The minimum atomic E-state index is -3.98. The van der Waals surface area contributed by atoms with Gasteiger partial charge in [0.05, 0.1) is 19.5 Å². The maximum absolute atomic E-state index is 14.0. The zero-order chi connectivity index (χ0) is 23.3. The van der Waals surface area contributed by atoms with Gasteiger partial charge in [-0.25, -0.2) is 12.7 Å². The SMILES string of the molecule is C=CCC(C(=O)N(CC=C)S(=O)(=O)c1ccc(C)cc1)[Si](C(C)C)(C(C)C)C(C)C. The molecule has 1 aromatic rings. The van der Waals surface area contributed by atoms with Crippen molar-refractivity contribution in [3.05, 3.63) is 55.1 Å². The van der Waals surface area contributed by atoms with Gasteiger partial charge < -0.3 is 0 Å². The summed E-state index contributed by atoms with van der Waals surface area (Å²) in [6.45, 7) is 22.6. The molecule has 0 aliphatic rings. The molecule has 0 bridgehead atoms. The molecule has 30 heavy (non-hydrogen) atoms.